The van der Waals surface area contributed by atoms with Crippen LogP contribution in [-0.2, 0) is 14.1 Å². The summed E-state index contributed by atoms with van der Waals surface area (Å²) >= 11 is 0. The molecule has 0 spiro atoms. The first-order valence-electron chi connectivity index (χ1n) is 4.49. The van der Waals surface area contributed by atoms with E-state index >= 15 is 0 Å². The molecule has 1 aromatic rings. The summed E-state index contributed by atoms with van der Waals surface area (Å²) < 4.78 is 16.1. The summed E-state index contributed by atoms with van der Waals surface area (Å²) in [5, 5.41) is 0.258. The van der Waals surface area contributed by atoms with E-state index in [1.54, 1.807) is 18.2 Å². The third-order valence-electron chi connectivity index (χ3n) is 1.99. The molecule has 0 aliphatic heterocycles. The number of ether oxygens (including phenoxy) is 1. The molecule has 16 heavy (non-hydrogen) atoms. The van der Waals surface area contributed by atoms with E-state index < -0.39 is 13.3 Å². The van der Waals surface area contributed by atoms with Crippen molar-refractivity contribution in [2.45, 2.75) is 6.42 Å². The van der Waals surface area contributed by atoms with E-state index in [4.69, 9.17) is 0 Å². The van der Waals surface area contributed by atoms with Gasteiger partial charge in [0.1, 0.15) is 0 Å². The van der Waals surface area contributed by atoms with Gasteiger partial charge in [-0.05, 0) is 5.30 Å². The molecule has 1 unspecified atom stereocenters. The van der Waals surface area contributed by atoms with E-state index in [1.165, 1.54) is 19.2 Å². The zero-order valence-corrected chi connectivity index (χ0v) is 13.4. The number of carbonyl (C=O) groups excluding carboxylic acids is 1. The van der Waals surface area contributed by atoms with Crippen LogP contribution in [-0.4, -0.2) is 19.2 Å². The Morgan fingerprint density at radius 2 is 1.94 bits per heavy atom. The minimum atomic E-state index is -3.66. The Hall–Kier alpha value is 0.516. The number of hydrogen-bond acceptors (Lipinski definition) is 4. The second-order valence-electron chi connectivity index (χ2n) is 3.06. The monoisotopic (exact) mass is 266 g/mol. The number of methoxy groups -OCH3 is 1. The van der Waals surface area contributed by atoms with Crippen molar-refractivity contribution in [2.75, 3.05) is 13.3 Å². The average molecular weight is 266 g/mol. The predicted molar refractivity (Wildman–Crippen MR) is 55.2 cm³/mol. The van der Waals surface area contributed by atoms with Crippen molar-refractivity contribution in [3.63, 3.8) is 0 Å². The first-order valence-corrected chi connectivity index (χ1v) is 6.30. The Morgan fingerprint density at radius 3 is 2.44 bits per heavy atom. The van der Waals surface area contributed by atoms with Gasteiger partial charge >= 0.3 is 57.4 Å². The van der Waals surface area contributed by atoms with Crippen LogP contribution in [0.15, 0.2) is 30.3 Å². The van der Waals surface area contributed by atoms with Gasteiger partial charge in [0, 0.05) is 13.5 Å². The van der Waals surface area contributed by atoms with Crippen molar-refractivity contribution in [3.05, 3.63) is 30.3 Å². The number of hydrogen-bond donors (Lipinski definition) is 0. The topological polar surface area (TPSA) is 66.4 Å². The fourth-order valence-corrected chi connectivity index (χ4v) is 2.49. The molecule has 0 aliphatic carbocycles. The van der Waals surface area contributed by atoms with Crippen molar-refractivity contribution in [1.82, 2.24) is 0 Å². The molecule has 0 saturated heterocycles. The third kappa shape index (κ3) is 5.23. The van der Waals surface area contributed by atoms with E-state index in [-0.39, 0.29) is 69.3 Å². The second-order valence-corrected chi connectivity index (χ2v) is 5.37. The average Bonchev–Trinajstić information content (AvgIpc) is 2.27. The van der Waals surface area contributed by atoms with Crippen LogP contribution in [0, 0.1) is 0 Å². The van der Waals surface area contributed by atoms with E-state index in [9.17, 15) is 14.3 Å². The van der Waals surface area contributed by atoms with Crippen molar-refractivity contribution >= 4 is 18.6 Å². The molecular weight excluding hydrogens is 254 g/mol. The fourth-order valence-electron chi connectivity index (χ4n) is 1.12. The smallest absolute Gasteiger partial charge is 0.796 e. The molecule has 0 amide bonds. The van der Waals surface area contributed by atoms with Crippen LogP contribution in [0.2, 0.25) is 0 Å². The number of rotatable bonds is 4. The van der Waals surface area contributed by atoms with Crippen molar-refractivity contribution in [1.29, 1.82) is 0 Å². The normalized spacial score (nSPS) is 13.4. The molecule has 1 rings (SSSR count). The summed E-state index contributed by atoms with van der Waals surface area (Å²) in [5.41, 5.74) is 0. The zero-order chi connectivity index (χ0) is 11.3. The molecular formula is C10H12KO4P. The quantitative estimate of drug-likeness (QED) is 0.344. The Labute approximate surface area is 137 Å². The number of esters is 1. The van der Waals surface area contributed by atoms with Crippen LogP contribution in [0.4, 0.5) is 0 Å². The van der Waals surface area contributed by atoms with E-state index in [0.29, 0.717) is 0 Å². The SMILES string of the molecule is COC(=O)CCP(=O)([O-])c1ccccc1.[K+]. The second kappa shape index (κ2) is 7.77. The summed E-state index contributed by atoms with van der Waals surface area (Å²) in [7, 11) is -2.43. The van der Waals surface area contributed by atoms with Gasteiger partial charge in [-0.2, -0.15) is 0 Å². The molecule has 0 aliphatic rings. The van der Waals surface area contributed by atoms with Gasteiger partial charge < -0.3 is 14.2 Å². The molecule has 0 aromatic heterocycles. The minimum Gasteiger partial charge on any atom is -0.796 e. The van der Waals surface area contributed by atoms with Crippen LogP contribution < -0.4 is 61.6 Å². The maximum absolute atomic E-state index is 11.7. The fraction of sp³-hybridized carbons (Fsp3) is 0.300. The predicted octanol–water partition coefficient (Wildman–Crippen LogP) is -2.48. The Kier molecular flexibility index (Phi) is 8.02. The van der Waals surface area contributed by atoms with Gasteiger partial charge in [0.05, 0.1) is 13.5 Å². The molecule has 4 nitrogen and oxygen atoms in total. The van der Waals surface area contributed by atoms with Gasteiger partial charge in [-0.3, -0.25) is 4.79 Å². The van der Waals surface area contributed by atoms with E-state index in [2.05, 4.69) is 4.74 Å². The molecule has 6 heteroatoms. The molecule has 0 heterocycles. The van der Waals surface area contributed by atoms with Gasteiger partial charge in [-0.1, -0.05) is 30.3 Å². The van der Waals surface area contributed by atoms with Crippen LogP contribution in [0.1, 0.15) is 6.42 Å². The summed E-state index contributed by atoms with van der Waals surface area (Å²) in [6.07, 6.45) is -0.296. The third-order valence-corrected chi connectivity index (χ3v) is 3.88. The van der Waals surface area contributed by atoms with Crippen molar-refractivity contribution < 1.29 is 70.4 Å². The molecule has 1 atom stereocenters. The molecule has 0 fully saturated rings. The van der Waals surface area contributed by atoms with Gasteiger partial charge in [-0.15, -0.1) is 0 Å². The number of benzene rings is 1. The maximum atomic E-state index is 11.7. The minimum absolute atomic E-state index is 0. The van der Waals surface area contributed by atoms with Gasteiger partial charge in [0.25, 0.3) is 0 Å². The van der Waals surface area contributed by atoms with Crippen LogP contribution in [0.25, 0.3) is 0 Å². The Bertz CT molecular complexity index is 380. The summed E-state index contributed by atoms with van der Waals surface area (Å²) in [4.78, 5) is 22.5. The Morgan fingerprint density at radius 1 is 1.38 bits per heavy atom. The molecule has 0 radical (unpaired) electrons. The first-order chi connectivity index (χ1) is 7.06. The molecule has 0 bridgehead atoms. The molecule has 0 N–H and O–H groups in total. The van der Waals surface area contributed by atoms with Crippen LogP contribution in [0.5, 0.6) is 0 Å². The standard InChI is InChI=1S/C10H13O4P.K/c1-14-10(11)7-8-15(12,13)9-5-3-2-4-6-9;/h2-6H,7-8H2,1H3,(H,12,13);/q;+1/p-1. The van der Waals surface area contributed by atoms with Gasteiger partial charge in [-0.25, -0.2) is 0 Å². The van der Waals surface area contributed by atoms with Crippen LogP contribution >= 0.6 is 7.37 Å². The van der Waals surface area contributed by atoms with Crippen molar-refractivity contribution in [2.24, 2.45) is 0 Å². The Balaban J connectivity index is 0.00000225. The molecule has 1 aromatic carbocycles. The zero-order valence-electron chi connectivity index (χ0n) is 9.38. The molecule has 82 valence electrons. The first kappa shape index (κ1) is 16.5. The van der Waals surface area contributed by atoms with Gasteiger partial charge in [0.2, 0.25) is 0 Å². The summed E-state index contributed by atoms with van der Waals surface area (Å²) in [5.74, 6) is -0.512. The number of carbonyl (C=O) groups is 1. The van der Waals surface area contributed by atoms with E-state index in [0.717, 1.165) is 0 Å². The van der Waals surface area contributed by atoms with Gasteiger partial charge in [0.15, 0.2) is 0 Å². The summed E-state index contributed by atoms with van der Waals surface area (Å²) in [6.45, 7) is 0. The molecule has 0 saturated carbocycles. The van der Waals surface area contributed by atoms with E-state index in [1.807, 2.05) is 0 Å². The largest absolute Gasteiger partial charge is 1.00 e. The summed E-state index contributed by atoms with van der Waals surface area (Å²) in [6, 6.07) is 8.08. The maximum Gasteiger partial charge on any atom is 1.00 e. The van der Waals surface area contributed by atoms with Crippen LogP contribution in [0.3, 0.4) is 0 Å². The van der Waals surface area contributed by atoms with Crippen molar-refractivity contribution in [3.8, 4) is 0 Å².